The fraction of sp³-hybridized carbons (Fsp3) is 0.600. The molecule has 1 aliphatic rings. The zero-order valence-electron chi connectivity index (χ0n) is 11.6. The molecule has 0 bridgehead atoms. The zero-order chi connectivity index (χ0) is 13.7. The Morgan fingerprint density at radius 3 is 2.00 bits per heavy atom. The summed E-state index contributed by atoms with van der Waals surface area (Å²) in [4.78, 5) is 1.23. The molecule has 1 aromatic carbocycles. The summed E-state index contributed by atoms with van der Waals surface area (Å²) < 4.78 is 0.333. The summed E-state index contributed by atoms with van der Waals surface area (Å²) >= 11 is 1.95. The van der Waals surface area contributed by atoms with E-state index >= 15 is 0 Å². The Labute approximate surface area is 120 Å². The number of hydrogen-bond donors (Lipinski definition) is 2. The third-order valence-corrected chi connectivity index (χ3v) is 5.36. The first-order chi connectivity index (χ1) is 9.09. The van der Waals surface area contributed by atoms with Gasteiger partial charge in [-0.1, -0.05) is 51.2 Å². The van der Waals surface area contributed by atoms with Gasteiger partial charge in [0.2, 0.25) is 0 Å². The minimum atomic E-state index is -1.36. The standard InChI is InChI=1S/C15H23BO2S/c1-15(11-5-3-2-4-6-12-15)19-14-9-7-13(8-10-14)16(17)18/h7-10,17-18H,2-6,11-12H2,1H3. The quantitative estimate of drug-likeness (QED) is 0.835. The first-order valence-electron chi connectivity index (χ1n) is 7.24. The maximum Gasteiger partial charge on any atom is 0.488 e. The third-order valence-electron chi connectivity index (χ3n) is 3.95. The van der Waals surface area contributed by atoms with Gasteiger partial charge in [0.25, 0.3) is 0 Å². The van der Waals surface area contributed by atoms with Crippen molar-refractivity contribution in [1.29, 1.82) is 0 Å². The molecule has 2 rings (SSSR count). The third kappa shape index (κ3) is 4.55. The summed E-state index contributed by atoms with van der Waals surface area (Å²) in [6, 6.07) is 7.62. The van der Waals surface area contributed by atoms with E-state index in [9.17, 15) is 0 Å². The van der Waals surface area contributed by atoms with Crippen LogP contribution in [0.4, 0.5) is 0 Å². The molecule has 0 saturated heterocycles. The van der Waals surface area contributed by atoms with Crippen LogP contribution in [-0.2, 0) is 0 Å². The maximum atomic E-state index is 9.10. The van der Waals surface area contributed by atoms with Gasteiger partial charge in [0.05, 0.1) is 0 Å². The second kappa shape index (κ2) is 6.82. The smallest absolute Gasteiger partial charge is 0.423 e. The predicted octanol–water partition coefficient (Wildman–Crippen LogP) is 2.96. The predicted molar refractivity (Wildman–Crippen MR) is 82.8 cm³/mol. The molecule has 1 aliphatic carbocycles. The van der Waals surface area contributed by atoms with E-state index in [1.54, 1.807) is 12.1 Å². The summed E-state index contributed by atoms with van der Waals surface area (Å²) in [5, 5.41) is 18.2. The van der Waals surface area contributed by atoms with Gasteiger partial charge in [-0.25, -0.2) is 0 Å². The highest BCUT2D eigenvalue weighted by Crippen LogP contribution is 2.41. The first-order valence-corrected chi connectivity index (χ1v) is 8.06. The molecule has 1 aromatic rings. The minimum Gasteiger partial charge on any atom is -0.423 e. The molecule has 19 heavy (non-hydrogen) atoms. The van der Waals surface area contributed by atoms with Gasteiger partial charge in [0.15, 0.2) is 0 Å². The zero-order valence-corrected chi connectivity index (χ0v) is 12.5. The van der Waals surface area contributed by atoms with Crippen molar-refractivity contribution < 1.29 is 10.0 Å². The summed E-state index contributed by atoms with van der Waals surface area (Å²) in [6.45, 7) is 2.37. The molecule has 0 aromatic heterocycles. The summed E-state index contributed by atoms with van der Waals surface area (Å²) in [5.74, 6) is 0. The molecule has 4 heteroatoms. The van der Waals surface area contributed by atoms with Crippen LogP contribution in [0, 0.1) is 0 Å². The van der Waals surface area contributed by atoms with Crippen molar-refractivity contribution in [2.45, 2.75) is 61.5 Å². The molecule has 104 valence electrons. The van der Waals surface area contributed by atoms with Gasteiger partial charge in [0.1, 0.15) is 0 Å². The molecular formula is C15H23BO2S. The Morgan fingerprint density at radius 2 is 1.47 bits per heavy atom. The van der Waals surface area contributed by atoms with Crippen molar-refractivity contribution in [3.8, 4) is 0 Å². The van der Waals surface area contributed by atoms with Crippen LogP contribution in [-0.4, -0.2) is 21.9 Å². The lowest BCUT2D eigenvalue weighted by atomic mass is 9.81. The van der Waals surface area contributed by atoms with Crippen molar-refractivity contribution >= 4 is 24.3 Å². The molecule has 0 heterocycles. The van der Waals surface area contributed by atoms with Gasteiger partial charge in [-0.05, 0) is 30.4 Å². The van der Waals surface area contributed by atoms with Crippen LogP contribution in [0.5, 0.6) is 0 Å². The van der Waals surface area contributed by atoms with Crippen LogP contribution in [0.25, 0.3) is 0 Å². The Bertz CT molecular complexity index is 384. The molecule has 0 unspecified atom stereocenters. The minimum absolute atomic E-state index is 0.333. The number of hydrogen-bond acceptors (Lipinski definition) is 3. The highest BCUT2D eigenvalue weighted by molar-refractivity contribution is 8.00. The van der Waals surface area contributed by atoms with Gasteiger partial charge >= 0.3 is 7.12 Å². The van der Waals surface area contributed by atoms with Crippen LogP contribution in [0.2, 0.25) is 0 Å². The SMILES string of the molecule is CC1(Sc2ccc(B(O)O)cc2)CCCCCCC1. The summed E-state index contributed by atoms with van der Waals surface area (Å²) in [7, 11) is -1.36. The molecule has 2 nitrogen and oxygen atoms in total. The Morgan fingerprint density at radius 1 is 0.947 bits per heavy atom. The van der Waals surface area contributed by atoms with Crippen LogP contribution in [0.15, 0.2) is 29.2 Å². The van der Waals surface area contributed by atoms with Crippen molar-refractivity contribution in [2.24, 2.45) is 0 Å². The van der Waals surface area contributed by atoms with Gasteiger partial charge in [0, 0.05) is 9.64 Å². The van der Waals surface area contributed by atoms with Crippen LogP contribution >= 0.6 is 11.8 Å². The average Bonchev–Trinajstić information content (AvgIpc) is 2.35. The van der Waals surface area contributed by atoms with Gasteiger partial charge in [-0.15, -0.1) is 11.8 Å². The highest BCUT2D eigenvalue weighted by Gasteiger charge is 2.26. The molecule has 0 radical (unpaired) electrons. The van der Waals surface area contributed by atoms with Crippen molar-refractivity contribution in [3.05, 3.63) is 24.3 Å². The number of benzene rings is 1. The lowest BCUT2D eigenvalue weighted by Crippen LogP contribution is -2.29. The lowest BCUT2D eigenvalue weighted by Gasteiger charge is -2.31. The van der Waals surface area contributed by atoms with E-state index in [1.165, 1.54) is 49.8 Å². The molecule has 1 saturated carbocycles. The summed E-state index contributed by atoms with van der Waals surface area (Å²) in [5.41, 5.74) is 0.562. The highest BCUT2D eigenvalue weighted by atomic mass is 32.2. The summed E-state index contributed by atoms with van der Waals surface area (Å²) in [6.07, 6.45) is 9.35. The van der Waals surface area contributed by atoms with Crippen molar-refractivity contribution in [2.75, 3.05) is 0 Å². The molecule has 0 atom stereocenters. The topological polar surface area (TPSA) is 40.5 Å². The van der Waals surface area contributed by atoms with E-state index in [1.807, 2.05) is 23.9 Å². The normalized spacial score (nSPS) is 19.5. The largest absolute Gasteiger partial charge is 0.488 e. The van der Waals surface area contributed by atoms with E-state index in [2.05, 4.69) is 6.92 Å². The van der Waals surface area contributed by atoms with Crippen LogP contribution in [0.1, 0.15) is 51.9 Å². The van der Waals surface area contributed by atoms with E-state index < -0.39 is 7.12 Å². The molecule has 0 aliphatic heterocycles. The van der Waals surface area contributed by atoms with Gasteiger partial charge in [-0.3, -0.25) is 0 Å². The molecule has 1 fully saturated rings. The Hall–Kier alpha value is -0.445. The van der Waals surface area contributed by atoms with Crippen LogP contribution in [0.3, 0.4) is 0 Å². The molecule has 0 spiro atoms. The van der Waals surface area contributed by atoms with Crippen LogP contribution < -0.4 is 5.46 Å². The number of rotatable bonds is 3. The fourth-order valence-corrected chi connectivity index (χ4v) is 4.08. The first kappa shape index (κ1) is 15.0. The molecular weight excluding hydrogens is 255 g/mol. The van der Waals surface area contributed by atoms with Crippen molar-refractivity contribution in [3.63, 3.8) is 0 Å². The van der Waals surface area contributed by atoms with E-state index in [4.69, 9.17) is 10.0 Å². The number of thioether (sulfide) groups is 1. The van der Waals surface area contributed by atoms with E-state index in [0.29, 0.717) is 10.2 Å². The maximum absolute atomic E-state index is 9.10. The lowest BCUT2D eigenvalue weighted by molar-refractivity contribution is 0.426. The molecule has 2 N–H and O–H groups in total. The second-order valence-corrected chi connectivity index (χ2v) is 7.42. The van der Waals surface area contributed by atoms with Gasteiger partial charge in [-0.2, -0.15) is 0 Å². The monoisotopic (exact) mass is 278 g/mol. The van der Waals surface area contributed by atoms with E-state index in [-0.39, 0.29) is 0 Å². The average molecular weight is 278 g/mol. The Kier molecular flexibility index (Phi) is 5.37. The fourth-order valence-electron chi connectivity index (χ4n) is 2.75. The second-order valence-electron chi connectivity index (χ2n) is 5.76. The van der Waals surface area contributed by atoms with Gasteiger partial charge < -0.3 is 10.0 Å². The van der Waals surface area contributed by atoms with E-state index in [0.717, 1.165) is 0 Å². The molecule has 0 amide bonds. The Balaban J connectivity index is 2.01. The van der Waals surface area contributed by atoms with Crippen molar-refractivity contribution in [1.82, 2.24) is 0 Å².